The maximum Gasteiger partial charge on any atom is 0.341 e. The van der Waals surface area contributed by atoms with Gasteiger partial charge in [0.1, 0.15) is 34.2 Å². The third kappa shape index (κ3) is 5.57. The van der Waals surface area contributed by atoms with Crippen LogP contribution in [0.4, 0.5) is 4.39 Å². The second kappa shape index (κ2) is 13.7. The molecule has 1 aliphatic heterocycles. The van der Waals surface area contributed by atoms with Gasteiger partial charge < -0.3 is 57.0 Å². The van der Waals surface area contributed by atoms with Crippen molar-refractivity contribution >= 4 is 40.1 Å². The molecule has 0 saturated heterocycles. The fourth-order valence-corrected chi connectivity index (χ4v) is 8.33. The quantitative estimate of drug-likeness (QED) is 0.153. The number of carbonyl (C=O) groups is 4. The Balaban J connectivity index is 0.000000264. The molecule has 18 heteroatoms. The predicted molar refractivity (Wildman–Crippen MR) is 187 cm³/mol. The lowest BCUT2D eigenvalue weighted by Crippen LogP contribution is -2.71. The van der Waals surface area contributed by atoms with Crippen LogP contribution in [0.2, 0.25) is 0 Å². The first-order valence-corrected chi connectivity index (χ1v) is 16.2. The average molecular weight is 758 g/mol. The molecule has 1 aromatic heterocycles. The van der Waals surface area contributed by atoms with Gasteiger partial charge in [0.25, 0.3) is 5.91 Å². The van der Waals surface area contributed by atoms with Crippen molar-refractivity contribution in [1.29, 1.82) is 0 Å². The van der Waals surface area contributed by atoms with E-state index in [0.29, 0.717) is 11.9 Å². The van der Waals surface area contributed by atoms with Gasteiger partial charge in [-0.3, -0.25) is 24.1 Å². The minimum absolute atomic E-state index is 0. The number of carbonyl (C=O) groups excluding carboxylic acids is 3. The fraction of sp³-hybridized carbons (Fsp3) is 0.361. The van der Waals surface area contributed by atoms with E-state index in [0.717, 1.165) is 18.1 Å². The number of halogens is 1. The summed E-state index contributed by atoms with van der Waals surface area (Å²) in [5.41, 5.74) is -1.27. The van der Waals surface area contributed by atoms with Crippen molar-refractivity contribution in [2.24, 2.45) is 17.6 Å². The average Bonchev–Trinajstić information content (AvgIpc) is 3.05. The number of aromatic hydroxyl groups is 1. The lowest BCUT2D eigenvalue weighted by Gasteiger charge is -2.55. The number of nitrogens with two attached hydrogens (primary N) is 1. The van der Waals surface area contributed by atoms with Crippen LogP contribution in [0.25, 0.3) is 16.7 Å². The molecule has 3 aliphatic carbocycles. The largest absolute Gasteiger partial charge is 0.508 e. The normalized spacial score (nSPS) is 28.2. The van der Waals surface area contributed by atoms with E-state index in [1.807, 2.05) is 6.92 Å². The lowest BCUT2D eigenvalue weighted by molar-refractivity contribution is -0.181. The number of aliphatic hydroxyl groups is 5. The summed E-state index contributed by atoms with van der Waals surface area (Å²) in [6, 6.07) is 5.15. The van der Waals surface area contributed by atoms with Crippen LogP contribution >= 0.6 is 0 Å². The van der Waals surface area contributed by atoms with Gasteiger partial charge in [-0.05, 0) is 70.1 Å². The van der Waals surface area contributed by atoms with Gasteiger partial charge in [0.15, 0.2) is 11.4 Å². The Morgan fingerprint density at radius 3 is 2.26 bits per heavy atom. The summed E-state index contributed by atoms with van der Waals surface area (Å²) in [6.07, 6.45) is 0.996. The van der Waals surface area contributed by atoms with E-state index in [1.54, 1.807) is 4.57 Å². The summed E-state index contributed by atoms with van der Waals surface area (Å²) in [5, 5.41) is 75.6. The molecule has 1 amide bonds. The zero-order chi connectivity index (χ0) is 38.5. The SMILES string of the molecule is CC1CCc2cc(F)cc3c(=O)c(C(=O)O)cn1c23.CN(C)[C@@H]1C(=O)C(C(N)=O)=C(O)[C@@]2(O)C(=O)C3=C(O)c4c(O)cccc4[C@@](C)(O)[C@H]3[C@H](O)[C@@H]12.O.O. The van der Waals surface area contributed by atoms with E-state index < -0.39 is 98.3 Å². The van der Waals surface area contributed by atoms with Gasteiger partial charge in [0, 0.05) is 17.6 Å². The van der Waals surface area contributed by atoms with Gasteiger partial charge in [-0.25, -0.2) is 9.18 Å². The van der Waals surface area contributed by atoms with Crippen LogP contribution in [0.3, 0.4) is 0 Å². The number of aliphatic hydroxyl groups excluding tert-OH is 3. The van der Waals surface area contributed by atoms with Crippen molar-refractivity contribution in [2.45, 2.75) is 56.1 Å². The molecule has 0 bridgehead atoms. The lowest BCUT2D eigenvalue weighted by atomic mass is 9.53. The number of likely N-dealkylation sites (N-methyl/N-ethyl adjacent to an activating group) is 1. The van der Waals surface area contributed by atoms with Crippen molar-refractivity contribution in [2.75, 3.05) is 14.1 Å². The number of primary amides is 1. The number of phenolic OH excluding ortho intramolecular Hbond substituents is 1. The Morgan fingerprint density at radius 1 is 1.06 bits per heavy atom. The first-order valence-electron chi connectivity index (χ1n) is 16.2. The highest BCUT2D eigenvalue weighted by atomic mass is 19.1. The van der Waals surface area contributed by atoms with E-state index in [1.165, 1.54) is 56.4 Å². The third-order valence-corrected chi connectivity index (χ3v) is 10.7. The number of aromatic nitrogens is 1. The molecule has 7 atom stereocenters. The molecule has 290 valence electrons. The number of Topliss-reactive ketones (excluding diaryl/α,β-unsaturated/α-hetero) is 2. The summed E-state index contributed by atoms with van der Waals surface area (Å²) in [5.74, 6) is -11.4. The Bertz CT molecular complexity index is 2260. The number of amides is 1. The Morgan fingerprint density at radius 2 is 1.69 bits per heavy atom. The van der Waals surface area contributed by atoms with Crippen LogP contribution in [0.5, 0.6) is 5.75 Å². The second-order valence-corrected chi connectivity index (χ2v) is 14.0. The number of pyridine rings is 1. The zero-order valence-corrected chi connectivity index (χ0v) is 29.3. The van der Waals surface area contributed by atoms with Crippen LogP contribution in [0.15, 0.2) is 58.2 Å². The van der Waals surface area contributed by atoms with Gasteiger partial charge >= 0.3 is 5.97 Å². The van der Waals surface area contributed by atoms with Crippen LogP contribution in [0.1, 0.15) is 53.4 Å². The van der Waals surface area contributed by atoms with Gasteiger partial charge in [-0.2, -0.15) is 0 Å². The van der Waals surface area contributed by atoms with Crippen molar-refractivity contribution in [3.05, 3.63) is 91.7 Å². The number of benzene rings is 2. The molecule has 4 aliphatic rings. The monoisotopic (exact) mass is 757 g/mol. The second-order valence-electron chi connectivity index (χ2n) is 14.0. The fourth-order valence-electron chi connectivity index (χ4n) is 8.33. The van der Waals surface area contributed by atoms with E-state index in [-0.39, 0.29) is 39.1 Å². The van der Waals surface area contributed by atoms with Gasteiger partial charge in [0.05, 0.1) is 46.2 Å². The number of carboxylic acid groups (broad SMARTS) is 1. The van der Waals surface area contributed by atoms with Gasteiger partial charge in [0.2, 0.25) is 11.2 Å². The molecule has 2 aromatic carbocycles. The maximum absolute atomic E-state index is 13.7. The number of nitrogens with zero attached hydrogens (tertiary/aromatic N) is 2. The molecule has 0 spiro atoms. The molecule has 2 heterocycles. The summed E-state index contributed by atoms with van der Waals surface area (Å²) in [4.78, 5) is 63.2. The van der Waals surface area contributed by atoms with Crippen LogP contribution in [0, 0.1) is 17.7 Å². The minimum atomic E-state index is -3.02. The molecule has 1 saturated carbocycles. The predicted octanol–water partition coefficient (Wildman–Crippen LogP) is -0.704. The standard InChI is InChI=1S/C22H24N2O9.C14H12FNO3.2H2O/c1-21(32)7-5-4-6-8(25)9(7)15(26)10-12(21)17(28)13-14(24(2)3)16(27)11(20(23)31)19(30)22(13,33)18(10)29;1-7-2-3-8-4-9(15)5-10-12(8)16(7)6-11(13(10)17)14(18)19;;/h4-6,12-14,17,25-26,28,30,32-33H,1-3H3,(H2,23,31);4-7H,2-3H2,1H3,(H,18,19);2*1H2/t12-,13-,14+,17+,21-,22+;;;/m1.../s1. The van der Waals surface area contributed by atoms with E-state index >= 15 is 0 Å². The molecule has 13 N–H and O–H groups in total. The Kier molecular flexibility index (Phi) is 10.5. The number of fused-ring (bicyclic) bond motifs is 3. The minimum Gasteiger partial charge on any atom is -0.508 e. The van der Waals surface area contributed by atoms with Gasteiger partial charge in [-0.15, -0.1) is 0 Å². The number of aryl methyl sites for hydroxylation is 1. The van der Waals surface area contributed by atoms with E-state index in [2.05, 4.69) is 0 Å². The molecular weight excluding hydrogens is 717 g/mol. The smallest absolute Gasteiger partial charge is 0.341 e. The molecule has 17 nitrogen and oxygen atoms in total. The molecule has 1 unspecified atom stereocenters. The number of hydrogen-bond donors (Lipinski definition) is 8. The maximum atomic E-state index is 13.7. The van der Waals surface area contributed by atoms with Crippen LogP contribution in [-0.4, -0.2) is 111 Å². The first-order chi connectivity index (χ1) is 24.2. The molecule has 7 rings (SSSR count). The molecule has 0 radical (unpaired) electrons. The van der Waals surface area contributed by atoms with Crippen molar-refractivity contribution in [3.8, 4) is 5.75 Å². The number of ketones is 2. The van der Waals surface area contributed by atoms with Gasteiger partial charge in [-0.1, -0.05) is 12.1 Å². The molecule has 3 aromatic rings. The molecule has 54 heavy (non-hydrogen) atoms. The zero-order valence-electron chi connectivity index (χ0n) is 29.3. The number of rotatable bonds is 3. The molecular formula is C36H40FN3O14. The van der Waals surface area contributed by atoms with Crippen LogP contribution < -0.4 is 11.2 Å². The number of carboxylic acids is 1. The highest BCUT2D eigenvalue weighted by Gasteiger charge is 2.70. The Hall–Kier alpha value is -5.50. The number of aromatic carboxylic acids is 1. The first kappa shape index (κ1) is 41.3. The van der Waals surface area contributed by atoms with Crippen molar-refractivity contribution in [3.63, 3.8) is 0 Å². The third-order valence-electron chi connectivity index (χ3n) is 10.7. The topological polar surface area (TPSA) is 324 Å². The summed E-state index contributed by atoms with van der Waals surface area (Å²) in [6.45, 7) is 3.21. The number of phenols is 1. The summed E-state index contributed by atoms with van der Waals surface area (Å²) >= 11 is 0. The summed E-state index contributed by atoms with van der Waals surface area (Å²) in [7, 11) is 2.80. The molecule has 1 fully saturated rings. The van der Waals surface area contributed by atoms with Crippen molar-refractivity contribution in [1.82, 2.24) is 9.47 Å². The highest BCUT2D eigenvalue weighted by molar-refractivity contribution is 6.24. The summed E-state index contributed by atoms with van der Waals surface area (Å²) < 4.78 is 15.3. The highest BCUT2D eigenvalue weighted by Crippen LogP contribution is 2.57. The van der Waals surface area contributed by atoms with Crippen molar-refractivity contribution < 1.29 is 70.3 Å². The number of hydrogen-bond acceptors (Lipinski definition) is 12. The van der Waals surface area contributed by atoms with E-state index in [4.69, 9.17) is 10.8 Å². The Labute approximate surface area is 304 Å². The van der Waals surface area contributed by atoms with E-state index in [9.17, 15) is 59.0 Å². The van der Waals surface area contributed by atoms with Crippen LogP contribution in [-0.2, 0) is 26.4 Å².